The average Bonchev–Trinajstić information content (AvgIpc) is 2.80. The summed E-state index contributed by atoms with van der Waals surface area (Å²) in [5, 5.41) is 16.3. The molecule has 0 saturated carbocycles. The van der Waals surface area contributed by atoms with E-state index >= 15 is 0 Å². The summed E-state index contributed by atoms with van der Waals surface area (Å²) < 4.78 is 0. The third-order valence-corrected chi connectivity index (χ3v) is 5.47. The molecule has 0 spiro atoms. The molecule has 16 nitrogen and oxygen atoms in total. The first kappa shape index (κ1) is 33.0. The Labute approximate surface area is 214 Å². The first-order valence-electron chi connectivity index (χ1n) is 11.7. The molecule has 0 bridgehead atoms. The topological polar surface area (TPSA) is 301 Å². The second-order valence-corrected chi connectivity index (χ2v) is 8.56. The number of amides is 5. The number of rotatable bonds is 18. The smallest absolute Gasteiger partial charge is 0.326 e. The third kappa shape index (κ3) is 13.6. The minimum absolute atomic E-state index is 0.0415. The Kier molecular flexibility index (Phi) is 14.9. The largest absolute Gasteiger partial charge is 0.480 e. The van der Waals surface area contributed by atoms with Crippen molar-refractivity contribution in [1.29, 1.82) is 0 Å². The van der Waals surface area contributed by atoms with Crippen molar-refractivity contribution in [3.8, 4) is 0 Å². The molecule has 0 aromatic rings. The van der Waals surface area contributed by atoms with Crippen LogP contribution in [-0.2, 0) is 28.8 Å². The number of hydrogen-bond donors (Lipinski definition) is 9. The molecule has 37 heavy (non-hydrogen) atoms. The van der Waals surface area contributed by atoms with Crippen LogP contribution in [0.4, 0.5) is 0 Å². The van der Waals surface area contributed by atoms with E-state index in [2.05, 4.69) is 20.9 Å². The van der Waals surface area contributed by atoms with E-state index in [-0.39, 0.29) is 44.1 Å². The standard InChI is InChI=1S/C21H39N9O7/c1-3-10(2)16(24)19(35)29-12(6-7-14(22)31)18(34)28-11(5-4-8-27-21(25)26)17(33)30-13(20(36)37)9-15(23)32/h10-13,16H,3-9,24H2,1-2H3,(H2,22,31)(H2,23,32)(H,28,34)(H,29,35)(H,30,33)(H,36,37)(H4,25,26,27). The summed E-state index contributed by atoms with van der Waals surface area (Å²) in [6.45, 7) is 3.69. The number of hydrogen-bond acceptors (Lipinski definition) is 8. The number of carboxylic acid groups (broad SMARTS) is 1. The number of primary amides is 2. The summed E-state index contributed by atoms with van der Waals surface area (Å²) in [4.78, 5) is 76.1. The molecule has 210 valence electrons. The molecule has 5 atom stereocenters. The lowest BCUT2D eigenvalue weighted by Crippen LogP contribution is -2.58. The number of nitrogens with zero attached hydrogens (tertiary/aromatic N) is 1. The summed E-state index contributed by atoms with van der Waals surface area (Å²) >= 11 is 0. The van der Waals surface area contributed by atoms with Crippen LogP contribution in [0.5, 0.6) is 0 Å². The second kappa shape index (κ2) is 16.7. The predicted molar refractivity (Wildman–Crippen MR) is 133 cm³/mol. The van der Waals surface area contributed by atoms with Crippen molar-refractivity contribution in [3.63, 3.8) is 0 Å². The zero-order valence-corrected chi connectivity index (χ0v) is 21.1. The Morgan fingerprint density at radius 3 is 1.78 bits per heavy atom. The second-order valence-electron chi connectivity index (χ2n) is 8.56. The number of nitrogens with two attached hydrogens (primary N) is 5. The zero-order valence-electron chi connectivity index (χ0n) is 21.1. The van der Waals surface area contributed by atoms with Crippen LogP contribution in [-0.4, -0.2) is 77.3 Å². The SMILES string of the molecule is CCC(C)C(N)C(=O)NC(CCC(N)=O)C(=O)NC(CCCN=C(N)N)C(=O)NC(CC(N)=O)C(=O)O. The van der Waals surface area contributed by atoms with Crippen LogP contribution in [0.1, 0.15) is 52.4 Å². The van der Waals surface area contributed by atoms with Gasteiger partial charge in [-0.15, -0.1) is 0 Å². The highest BCUT2D eigenvalue weighted by atomic mass is 16.4. The molecule has 16 heteroatoms. The van der Waals surface area contributed by atoms with Crippen molar-refractivity contribution in [2.45, 2.75) is 76.5 Å². The molecule has 0 aromatic heterocycles. The lowest BCUT2D eigenvalue weighted by Gasteiger charge is -2.26. The van der Waals surface area contributed by atoms with Gasteiger partial charge in [0.1, 0.15) is 18.1 Å². The molecule has 14 N–H and O–H groups in total. The summed E-state index contributed by atoms with van der Waals surface area (Å²) in [6, 6.07) is -5.16. The number of carbonyl (C=O) groups excluding carboxylic acids is 5. The molecule has 5 unspecified atom stereocenters. The molecule has 0 fully saturated rings. The lowest BCUT2D eigenvalue weighted by molar-refractivity contribution is -0.143. The molecular weight excluding hydrogens is 490 g/mol. The van der Waals surface area contributed by atoms with Crippen LogP contribution in [0.25, 0.3) is 0 Å². The summed E-state index contributed by atoms with van der Waals surface area (Å²) in [6.07, 6.45) is -0.359. The van der Waals surface area contributed by atoms with Gasteiger partial charge >= 0.3 is 5.97 Å². The van der Waals surface area contributed by atoms with Crippen LogP contribution in [0.15, 0.2) is 4.99 Å². The van der Waals surface area contributed by atoms with E-state index in [1.54, 1.807) is 6.92 Å². The minimum Gasteiger partial charge on any atom is -0.480 e. The van der Waals surface area contributed by atoms with Gasteiger partial charge in [0.25, 0.3) is 0 Å². The van der Waals surface area contributed by atoms with Crippen molar-refractivity contribution in [3.05, 3.63) is 0 Å². The fourth-order valence-electron chi connectivity index (χ4n) is 3.05. The normalized spacial score (nSPS) is 14.7. The van der Waals surface area contributed by atoms with Gasteiger partial charge in [0, 0.05) is 13.0 Å². The first-order valence-corrected chi connectivity index (χ1v) is 11.7. The van der Waals surface area contributed by atoms with Gasteiger partial charge in [0.15, 0.2) is 5.96 Å². The van der Waals surface area contributed by atoms with Gasteiger partial charge in [-0.2, -0.15) is 0 Å². The maximum atomic E-state index is 13.0. The van der Waals surface area contributed by atoms with Gasteiger partial charge in [-0.05, 0) is 25.2 Å². The van der Waals surface area contributed by atoms with E-state index in [4.69, 9.17) is 28.7 Å². The highest BCUT2D eigenvalue weighted by Gasteiger charge is 2.31. The van der Waals surface area contributed by atoms with Crippen molar-refractivity contribution in [2.24, 2.45) is 39.6 Å². The molecule has 0 radical (unpaired) electrons. The highest BCUT2D eigenvalue weighted by Crippen LogP contribution is 2.08. The number of carbonyl (C=O) groups is 6. The number of aliphatic carboxylic acids is 1. The van der Waals surface area contributed by atoms with E-state index in [0.29, 0.717) is 6.42 Å². The first-order chi connectivity index (χ1) is 17.2. The highest BCUT2D eigenvalue weighted by molar-refractivity contribution is 5.95. The van der Waals surface area contributed by atoms with Gasteiger partial charge in [-0.3, -0.25) is 29.0 Å². The predicted octanol–water partition coefficient (Wildman–Crippen LogP) is -3.91. The fraction of sp³-hybridized carbons (Fsp3) is 0.667. The molecule has 0 saturated heterocycles. The maximum Gasteiger partial charge on any atom is 0.326 e. The van der Waals surface area contributed by atoms with Gasteiger partial charge in [0.2, 0.25) is 29.5 Å². The number of guanidine groups is 1. The van der Waals surface area contributed by atoms with Gasteiger partial charge < -0.3 is 49.7 Å². The monoisotopic (exact) mass is 529 g/mol. The Morgan fingerprint density at radius 2 is 1.32 bits per heavy atom. The van der Waals surface area contributed by atoms with Crippen LogP contribution < -0.4 is 44.6 Å². The third-order valence-electron chi connectivity index (χ3n) is 5.47. The number of nitrogens with one attached hydrogen (secondary N) is 3. The molecule has 0 heterocycles. The molecular formula is C21H39N9O7. The molecule has 5 amide bonds. The van der Waals surface area contributed by atoms with E-state index < -0.39 is 66.1 Å². The number of aliphatic imine (C=N–C) groups is 1. The molecule has 0 aromatic carbocycles. The lowest BCUT2D eigenvalue weighted by atomic mass is 9.98. The minimum atomic E-state index is -1.64. The number of carboxylic acids is 1. The summed E-state index contributed by atoms with van der Waals surface area (Å²) in [5.41, 5.74) is 26.7. The summed E-state index contributed by atoms with van der Waals surface area (Å²) in [5.74, 6) is -5.99. The Hall–Kier alpha value is -3.95. The Morgan fingerprint density at radius 1 is 0.811 bits per heavy atom. The van der Waals surface area contributed by atoms with Gasteiger partial charge in [0.05, 0.1) is 12.5 Å². The van der Waals surface area contributed by atoms with Crippen LogP contribution in [0, 0.1) is 5.92 Å². The van der Waals surface area contributed by atoms with Crippen LogP contribution in [0.2, 0.25) is 0 Å². The fourth-order valence-corrected chi connectivity index (χ4v) is 3.05. The van der Waals surface area contributed by atoms with Crippen molar-refractivity contribution >= 4 is 41.5 Å². The van der Waals surface area contributed by atoms with E-state index in [1.807, 2.05) is 6.92 Å². The van der Waals surface area contributed by atoms with Gasteiger partial charge in [-0.1, -0.05) is 20.3 Å². The quantitative estimate of drug-likeness (QED) is 0.0472. The van der Waals surface area contributed by atoms with Crippen molar-refractivity contribution in [1.82, 2.24) is 16.0 Å². The van der Waals surface area contributed by atoms with Crippen molar-refractivity contribution < 1.29 is 33.9 Å². The molecule has 0 aliphatic carbocycles. The molecule has 0 rings (SSSR count). The Bertz CT molecular complexity index is 861. The average molecular weight is 530 g/mol. The Balaban J connectivity index is 5.76. The van der Waals surface area contributed by atoms with Crippen LogP contribution >= 0.6 is 0 Å². The van der Waals surface area contributed by atoms with Gasteiger partial charge in [-0.25, -0.2) is 4.79 Å². The van der Waals surface area contributed by atoms with Crippen molar-refractivity contribution in [2.75, 3.05) is 6.54 Å². The van der Waals surface area contributed by atoms with E-state index in [9.17, 15) is 33.9 Å². The summed E-state index contributed by atoms with van der Waals surface area (Å²) in [7, 11) is 0. The molecule has 0 aliphatic heterocycles. The van der Waals surface area contributed by atoms with E-state index in [0.717, 1.165) is 0 Å². The van der Waals surface area contributed by atoms with Crippen LogP contribution in [0.3, 0.4) is 0 Å². The van der Waals surface area contributed by atoms with E-state index in [1.165, 1.54) is 0 Å². The molecule has 0 aliphatic rings. The zero-order chi connectivity index (χ0) is 28.7. The maximum absolute atomic E-state index is 13.0.